The standard InChI is InChI=1S/C17H32N4/c1-7-17(6,21(9-3)10-4)15(19-8-2)14-13(5)11-12-20-16(14)18/h11-12,15,19H,7-10H2,1-6H3,(H2,18,20). The molecule has 0 fully saturated rings. The van der Waals surface area contributed by atoms with Crippen LogP contribution in [0.3, 0.4) is 0 Å². The van der Waals surface area contributed by atoms with Crippen LogP contribution >= 0.6 is 0 Å². The Bertz CT molecular complexity index is 422. The van der Waals surface area contributed by atoms with E-state index < -0.39 is 0 Å². The zero-order valence-corrected chi connectivity index (χ0v) is 14.5. The van der Waals surface area contributed by atoms with Gasteiger partial charge in [0, 0.05) is 17.3 Å². The Hall–Kier alpha value is -1.13. The lowest BCUT2D eigenvalue weighted by atomic mass is 9.81. The first kappa shape index (κ1) is 17.9. The molecule has 4 nitrogen and oxygen atoms in total. The molecule has 2 unspecified atom stereocenters. The van der Waals surface area contributed by atoms with Gasteiger partial charge in [-0.05, 0) is 51.5 Å². The van der Waals surface area contributed by atoms with Crippen LogP contribution in [0.2, 0.25) is 0 Å². The summed E-state index contributed by atoms with van der Waals surface area (Å²) in [6.45, 7) is 16.3. The van der Waals surface area contributed by atoms with Gasteiger partial charge >= 0.3 is 0 Å². The number of nitrogens with two attached hydrogens (primary N) is 1. The molecular weight excluding hydrogens is 260 g/mol. The lowest BCUT2D eigenvalue weighted by Crippen LogP contribution is -2.54. The van der Waals surface area contributed by atoms with Crippen LogP contribution in [-0.2, 0) is 0 Å². The summed E-state index contributed by atoms with van der Waals surface area (Å²) in [4.78, 5) is 6.84. The summed E-state index contributed by atoms with van der Waals surface area (Å²) in [5.74, 6) is 0.646. The summed E-state index contributed by atoms with van der Waals surface area (Å²) in [5.41, 5.74) is 8.59. The highest BCUT2D eigenvalue weighted by atomic mass is 15.2. The van der Waals surface area contributed by atoms with Crippen molar-refractivity contribution in [1.29, 1.82) is 0 Å². The topological polar surface area (TPSA) is 54.2 Å². The van der Waals surface area contributed by atoms with Gasteiger partial charge in [-0.15, -0.1) is 0 Å². The molecule has 0 radical (unpaired) electrons. The van der Waals surface area contributed by atoms with E-state index in [1.807, 2.05) is 6.07 Å². The second-order valence-corrected chi connectivity index (χ2v) is 5.80. The van der Waals surface area contributed by atoms with Crippen molar-refractivity contribution in [3.63, 3.8) is 0 Å². The monoisotopic (exact) mass is 292 g/mol. The third-order valence-corrected chi connectivity index (χ3v) is 4.76. The van der Waals surface area contributed by atoms with Crippen LogP contribution in [0.15, 0.2) is 12.3 Å². The van der Waals surface area contributed by atoms with E-state index in [4.69, 9.17) is 5.73 Å². The number of nitrogens with zero attached hydrogens (tertiary/aromatic N) is 2. The van der Waals surface area contributed by atoms with Gasteiger partial charge in [-0.25, -0.2) is 4.98 Å². The molecule has 0 saturated heterocycles. The molecular formula is C17H32N4. The van der Waals surface area contributed by atoms with Gasteiger partial charge in [0.2, 0.25) is 0 Å². The zero-order chi connectivity index (χ0) is 16.0. The van der Waals surface area contributed by atoms with Crippen LogP contribution in [-0.4, -0.2) is 35.1 Å². The molecule has 3 N–H and O–H groups in total. The number of hydrogen-bond acceptors (Lipinski definition) is 4. The summed E-state index contributed by atoms with van der Waals surface area (Å²) in [6, 6.07) is 2.23. The summed E-state index contributed by atoms with van der Waals surface area (Å²) >= 11 is 0. The van der Waals surface area contributed by atoms with Crippen molar-refractivity contribution in [2.24, 2.45) is 0 Å². The predicted molar refractivity (Wildman–Crippen MR) is 91.4 cm³/mol. The first-order valence-corrected chi connectivity index (χ1v) is 8.15. The fourth-order valence-corrected chi connectivity index (χ4v) is 3.36. The average Bonchev–Trinajstić information content (AvgIpc) is 2.47. The molecule has 0 aliphatic carbocycles. The van der Waals surface area contributed by atoms with Crippen molar-refractivity contribution < 1.29 is 0 Å². The van der Waals surface area contributed by atoms with Crippen molar-refractivity contribution in [3.05, 3.63) is 23.4 Å². The molecule has 4 heteroatoms. The molecule has 2 atom stereocenters. The van der Waals surface area contributed by atoms with E-state index >= 15 is 0 Å². The van der Waals surface area contributed by atoms with Gasteiger partial charge < -0.3 is 11.1 Å². The lowest BCUT2D eigenvalue weighted by molar-refractivity contribution is 0.0703. The second-order valence-electron chi connectivity index (χ2n) is 5.80. The number of rotatable bonds is 8. The van der Waals surface area contributed by atoms with Gasteiger partial charge in [0.05, 0.1) is 6.04 Å². The number of hydrogen-bond donors (Lipinski definition) is 2. The van der Waals surface area contributed by atoms with Gasteiger partial charge in [-0.1, -0.05) is 27.7 Å². The maximum Gasteiger partial charge on any atom is 0.128 e. The number of aromatic nitrogens is 1. The summed E-state index contributed by atoms with van der Waals surface area (Å²) in [5, 5.41) is 3.66. The first-order chi connectivity index (χ1) is 9.96. The van der Waals surface area contributed by atoms with Gasteiger partial charge in [0.15, 0.2) is 0 Å². The van der Waals surface area contributed by atoms with E-state index in [0.717, 1.165) is 31.6 Å². The fraction of sp³-hybridized carbons (Fsp3) is 0.706. The Labute approximate surface area is 130 Å². The number of pyridine rings is 1. The maximum absolute atomic E-state index is 6.22. The SMILES string of the molecule is CCNC(c1c(C)ccnc1N)C(C)(CC)N(CC)CC. The summed E-state index contributed by atoms with van der Waals surface area (Å²) in [7, 11) is 0. The van der Waals surface area contributed by atoms with Gasteiger partial charge in [-0.2, -0.15) is 0 Å². The minimum absolute atomic E-state index is 0.0153. The van der Waals surface area contributed by atoms with Gasteiger partial charge in [0.1, 0.15) is 5.82 Å². The largest absolute Gasteiger partial charge is 0.383 e. The smallest absolute Gasteiger partial charge is 0.128 e. The Morgan fingerprint density at radius 3 is 2.33 bits per heavy atom. The molecule has 0 spiro atoms. The molecule has 0 aliphatic heterocycles. The molecule has 1 aromatic heterocycles. The van der Waals surface area contributed by atoms with Crippen molar-refractivity contribution in [1.82, 2.24) is 15.2 Å². The van der Waals surface area contributed by atoms with Crippen LogP contribution in [0.1, 0.15) is 58.2 Å². The van der Waals surface area contributed by atoms with Crippen LogP contribution in [0, 0.1) is 6.92 Å². The molecule has 1 aromatic rings. The molecule has 0 amide bonds. The Balaban J connectivity index is 3.39. The molecule has 0 aromatic carbocycles. The predicted octanol–water partition coefficient (Wildman–Crippen LogP) is 3.13. The Morgan fingerprint density at radius 2 is 1.90 bits per heavy atom. The fourth-order valence-electron chi connectivity index (χ4n) is 3.36. The van der Waals surface area contributed by atoms with E-state index in [1.165, 1.54) is 5.56 Å². The van der Waals surface area contributed by atoms with E-state index in [1.54, 1.807) is 6.20 Å². The Kier molecular flexibility index (Phi) is 6.62. The van der Waals surface area contributed by atoms with Crippen molar-refractivity contribution >= 4 is 5.82 Å². The summed E-state index contributed by atoms with van der Waals surface area (Å²) in [6.07, 6.45) is 2.85. The molecule has 0 saturated carbocycles. The molecule has 120 valence electrons. The van der Waals surface area contributed by atoms with Gasteiger partial charge in [-0.3, -0.25) is 4.90 Å². The Morgan fingerprint density at radius 1 is 1.29 bits per heavy atom. The second kappa shape index (κ2) is 7.76. The zero-order valence-electron chi connectivity index (χ0n) is 14.5. The van der Waals surface area contributed by atoms with Gasteiger partial charge in [0.25, 0.3) is 0 Å². The van der Waals surface area contributed by atoms with Crippen molar-refractivity contribution in [2.75, 3.05) is 25.4 Å². The van der Waals surface area contributed by atoms with Crippen molar-refractivity contribution in [3.8, 4) is 0 Å². The number of aryl methyl sites for hydroxylation is 1. The van der Waals surface area contributed by atoms with E-state index in [0.29, 0.717) is 5.82 Å². The van der Waals surface area contributed by atoms with E-state index in [-0.39, 0.29) is 11.6 Å². The highest BCUT2D eigenvalue weighted by Gasteiger charge is 2.39. The third kappa shape index (κ3) is 3.55. The number of nitrogen functional groups attached to an aromatic ring is 1. The molecule has 21 heavy (non-hydrogen) atoms. The minimum atomic E-state index is 0.0153. The molecule has 1 rings (SSSR count). The lowest BCUT2D eigenvalue weighted by Gasteiger charge is -2.46. The van der Waals surface area contributed by atoms with Crippen LogP contribution in [0.5, 0.6) is 0 Å². The van der Waals surface area contributed by atoms with Crippen molar-refractivity contribution in [2.45, 2.75) is 59.5 Å². The minimum Gasteiger partial charge on any atom is -0.383 e. The molecule has 0 aliphatic rings. The number of nitrogens with one attached hydrogen (secondary N) is 1. The van der Waals surface area contributed by atoms with Crippen LogP contribution in [0.25, 0.3) is 0 Å². The van der Waals surface area contributed by atoms with E-state index in [2.05, 4.69) is 56.7 Å². The molecule has 0 bridgehead atoms. The number of likely N-dealkylation sites (N-methyl/N-ethyl adjacent to an activating group) is 2. The number of anilines is 1. The quantitative estimate of drug-likeness (QED) is 0.773. The average molecular weight is 292 g/mol. The highest BCUT2D eigenvalue weighted by molar-refractivity contribution is 5.47. The highest BCUT2D eigenvalue weighted by Crippen LogP contribution is 2.37. The first-order valence-electron chi connectivity index (χ1n) is 8.15. The maximum atomic E-state index is 6.22. The molecule has 1 heterocycles. The van der Waals surface area contributed by atoms with E-state index in [9.17, 15) is 0 Å². The third-order valence-electron chi connectivity index (χ3n) is 4.76. The van der Waals surface area contributed by atoms with Crippen LogP contribution < -0.4 is 11.1 Å². The van der Waals surface area contributed by atoms with Crippen LogP contribution in [0.4, 0.5) is 5.82 Å². The summed E-state index contributed by atoms with van der Waals surface area (Å²) < 4.78 is 0. The normalized spacial score (nSPS) is 16.0.